The van der Waals surface area contributed by atoms with Crippen molar-refractivity contribution in [1.82, 2.24) is 5.32 Å². The zero-order chi connectivity index (χ0) is 14.7. The van der Waals surface area contributed by atoms with E-state index in [2.05, 4.69) is 17.4 Å². The summed E-state index contributed by atoms with van der Waals surface area (Å²) in [6, 6.07) is 13.3. The Morgan fingerprint density at radius 1 is 1.24 bits per heavy atom. The molecule has 2 aromatic rings. The number of nitrogens with one attached hydrogen (secondary N) is 1. The van der Waals surface area contributed by atoms with E-state index in [0.717, 1.165) is 18.6 Å². The molecule has 2 nitrogen and oxygen atoms in total. The van der Waals surface area contributed by atoms with Crippen LogP contribution >= 0.6 is 0 Å². The third-order valence-corrected chi connectivity index (χ3v) is 4.13. The van der Waals surface area contributed by atoms with Gasteiger partial charge < -0.3 is 10.1 Å². The van der Waals surface area contributed by atoms with Crippen molar-refractivity contribution in [2.75, 3.05) is 7.05 Å². The van der Waals surface area contributed by atoms with Crippen molar-refractivity contribution in [3.8, 4) is 5.75 Å². The number of aryl methyl sites for hydroxylation is 1. The molecular weight excluding hydrogens is 265 g/mol. The maximum absolute atomic E-state index is 13.6. The van der Waals surface area contributed by atoms with Gasteiger partial charge in [0.15, 0.2) is 0 Å². The highest BCUT2D eigenvalue weighted by Crippen LogP contribution is 2.32. The first-order chi connectivity index (χ1) is 10.3. The second-order valence-corrected chi connectivity index (χ2v) is 5.47. The minimum Gasteiger partial charge on any atom is -0.489 e. The molecule has 3 heteroatoms. The van der Waals surface area contributed by atoms with Crippen molar-refractivity contribution < 1.29 is 9.13 Å². The lowest BCUT2D eigenvalue weighted by molar-refractivity contribution is 0.298. The van der Waals surface area contributed by atoms with Gasteiger partial charge in [0, 0.05) is 11.6 Å². The summed E-state index contributed by atoms with van der Waals surface area (Å²) < 4.78 is 19.4. The fourth-order valence-electron chi connectivity index (χ4n) is 2.94. The molecule has 1 aliphatic rings. The molecule has 21 heavy (non-hydrogen) atoms. The molecule has 0 aromatic heterocycles. The quantitative estimate of drug-likeness (QED) is 0.916. The van der Waals surface area contributed by atoms with Crippen molar-refractivity contribution >= 4 is 0 Å². The summed E-state index contributed by atoms with van der Waals surface area (Å²) in [4.78, 5) is 0. The van der Waals surface area contributed by atoms with Crippen molar-refractivity contribution in [1.29, 1.82) is 0 Å². The third-order valence-electron chi connectivity index (χ3n) is 4.13. The molecule has 0 fully saturated rings. The highest BCUT2D eigenvalue weighted by molar-refractivity contribution is 5.39. The van der Waals surface area contributed by atoms with Gasteiger partial charge in [-0.2, -0.15) is 0 Å². The Morgan fingerprint density at radius 2 is 2.10 bits per heavy atom. The Labute approximate surface area is 125 Å². The summed E-state index contributed by atoms with van der Waals surface area (Å²) in [5, 5.41) is 3.35. The highest BCUT2D eigenvalue weighted by Gasteiger charge is 2.19. The van der Waals surface area contributed by atoms with Gasteiger partial charge in [-0.25, -0.2) is 4.39 Å². The fourth-order valence-corrected chi connectivity index (χ4v) is 2.94. The van der Waals surface area contributed by atoms with E-state index in [1.54, 1.807) is 12.1 Å². The molecular formula is C18H20FNO. The van der Waals surface area contributed by atoms with Crippen molar-refractivity contribution in [2.45, 2.75) is 31.9 Å². The average Bonchev–Trinajstić information content (AvgIpc) is 2.53. The minimum atomic E-state index is -0.219. The predicted molar refractivity (Wildman–Crippen MR) is 81.9 cm³/mol. The Bertz CT molecular complexity index is 626. The van der Waals surface area contributed by atoms with Crippen molar-refractivity contribution in [2.24, 2.45) is 0 Å². The molecule has 0 bridgehead atoms. The monoisotopic (exact) mass is 285 g/mol. The topological polar surface area (TPSA) is 21.3 Å². The van der Waals surface area contributed by atoms with Gasteiger partial charge in [-0.1, -0.05) is 24.3 Å². The number of ether oxygens (including phenoxy) is 1. The molecule has 1 aliphatic carbocycles. The molecule has 0 saturated carbocycles. The van der Waals surface area contributed by atoms with Gasteiger partial charge in [0.1, 0.15) is 18.2 Å². The van der Waals surface area contributed by atoms with Gasteiger partial charge in [-0.3, -0.25) is 0 Å². The van der Waals surface area contributed by atoms with E-state index in [1.807, 2.05) is 19.2 Å². The lowest BCUT2D eigenvalue weighted by Gasteiger charge is -2.25. The lowest BCUT2D eigenvalue weighted by Crippen LogP contribution is -2.21. The van der Waals surface area contributed by atoms with E-state index in [9.17, 15) is 4.39 Å². The van der Waals surface area contributed by atoms with Crippen LogP contribution in [0.2, 0.25) is 0 Å². The lowest BCUT2D eigenvalue weighted by atomic mass is 9.87. The van der Waals surface area contributed by atoms with Gasteiger partial charge in [0.05, 0.1) is 0 Å². The van der Waals surface area contributed by atoms with Crippen LogP contribution in [0.25, 0.3) is 0 Å². The zero-order valence-corrected chi connectivity index (χ0v) is 12.2. The van der Waals surface area contributed by atoms with E-state index in [4.69, 9.17) is 4.74 Å². The number of hydrogen-bond donors (Lipinski definition) is 1. The number of rotatable bonds is 4. The van der Waals surface area contributed by atoms with Crippen LogP contribution < -0.4 is 10.1 Å². The molecule has 0 aliphatic heterocycles. The van der Waals surface area contributed by atoms with E-state index in [1.165, 1.54) is 23.6 Å². The van der Waals surface area contributed by atoms with Crippen LogP contribution in [0.4, 0.5) is 4.39 Å². The Balaban J connectivity index is 1.76. The standard InChI is InChI=1S/C18H20FNO/c1-20-18-8-4-6-13-9-10-15(11-16(13)18)21-12-14-5-2-3-7-17(14)19/h2-3,5,7,9-11,18,20H,4,6,8,12H2,1H3. The maximum Gasteiger partial charge on any atom is 0.129 e. The largest absolute Gasteiger partial charge is 0.489 e. The maximum atomic E-state index is 13.6. The molecule has 1 N–H and O–H groups in total. The molecule has 1 atom stereocenters. The van der Waals surface area contributed by atoms with E-state index in [0.29, 0.717) is 11.6 Å². The van der Waals surface area contributed by atoms with Crippen LogP contribution in [0, 0.1) is 5.82 Å². The third kappa shape index (κ3) is 3.08. The van der Waals surface area contributed by atoms with Crippen LogP contribution in [-0.2, 0) is 13.0 Å². The van der Waals surface area contributed by atoms with E-state index < -0.39 is 0 Å². The summed E-state index contributed by atoms with van der Waals surface area (Å²) in [5.41, 5.74) is 3.29. The second-order valence-electron chi connectivity index (χ2n) is 5.47. The molecule has 0 spiro atoms. The van der Waals surface area contributed by atoms with Gasteiger partial charge >= 0.3 is 0 Å². The molecule has 110 valence electrons. The zero-order valence-electron chi connectivity index (χ0n) is 12.2. The van der Waals surface area contributed by atoms with Crippen molar-refractivity contribution in [3.63, 3.8) is 0 Å². The molecule has 2 aromatic carbocycles. The van der Waals surface area contributed by atoms with Crippen molar-refractivity contribution in [3.05, 3.63) is 65.0 Å². The smallest absolute Gasteiger partial charge is 0.129 e. The number of fused-ring (bicyclic) bond motifs is 1. The van der Waals surface area contributed by atoms with Crippen LogP contribution in [0.1, 0.15) is 35.6 Å². The van der Waals surface area contributed by atoms with Crippen LogP contribution in [0.3, 0.4) is 0 Å². The summed E-state index contributed by atoms with van der Waals surface area (Å²) in [6.45, 7) is 0.260. The first kappa shape index (κ1) is 14.1. The Hall–Kier alpha value is -1.87. The molecule has 3 rings (SSSR count). The molecule has 0 saturated heterocycles. The van der Waals surface area contributed by atoms with Crippen LogP contribution in [0.15, 0.2) is 42.5 Å². The fraction of sp³-hybridized carbons (Fsp3) is 0.333. The first-order valence-corrected chi connectivity index (χ1v) is 7.44. The summed E-state index contributed by atoms with van der Waals surface area (Å²) in [5.74, 6) is 0.586. The van der Waals surface area contributed by atoms with Crippen LogP contribution in [-0.4, -0.2) is 7.05 Å². The Morgan fingerprint density at radius 3 is 2.90 bits per heavy atom. The second kappa shape index (κ2) is 6.27. The average molecular weight is 285 g/mol. The first-order valence-electron chi connectivity index (χ1n) is 7.44. The Kier molecular flexibility index (Phi) is 4.20. The van der Waals surface area contributed by atoms with E-state index >= 15 is 0 Å². The summed E-state index contributed by atoms with van der Waals surface area (Å²) in [7, 11) is 1.99. The van der Waals surface area contributed by atoms with Crippen LogP contribution in [0.5, 0.6) is 5.75 Å². The summed E-state index contributed by atoms with van der Waals surface area (Å²) >= 11 is 0. The number of hydrogen-bond acceptors (Lipinski definition) is 2. The van der Waals surface area contributed by atoms with E-state index in [-0.39, 0.29) is 12.4 Å². The normalized spacial score (nSPS) is 17.3. The number of halogens is 1. The highest BCUT2D eigenvalue weighted by atomic mass is 19.1. The molecule has 1 unspecified atom stereocenters. The predicted octanol–water partition coefficient (Wildman–Crippen LogP) is 4.00. The van der Waals surface area contributed by atoms with Gasteiger partial charge in [0.2, 0.25) is 0 Å². The molecule has 0 amide bonds. The van der Waals surface area contributed by atoms with Gasteiger partial charge in [-0.15, -0.1) is 0 Å². The number of benzene rings is 2. The van der Waals surface area contributed by atoms with Gasteiger partial charge in [-0.05, 0) is 55.6 Å². The summed E-state index contributed by atoms with van der Waals surface area (Å²) in [6.07, 6.45) is 3.50. The van der Waals surface area contributed by atoms with Gasteiger partial charge in [0.25, 0.3) is 0 Å². The SMILES string of the molecule is CNC1CCCc2ccc(OCc3ccccc3F)cc21. The molecule has 0 heterocycles. The molecule has 0 radical (unpaired) electrons. The minimum absolute atomic E-state index is 0.219.